The number of aromatic nitrogens is 1. The van der Waals surface area contributed by atoms with E-state index in [-0.39, 0.29) is 5.56 Å². The van der Waals surface area contributed by atoms with Gasteiger partial charge in [-0.2, -0.15) is 0 Å². The summed E-state index contributed by atoms with van der Waals surface area (Å²) in [4.78, 5) is 14.2. The molecule has 1 rings (SSSR count). The van der Waals surface area contributed by atoms with E-state index in [0.717, 1.165) is 6.20 Å². The number of ether oxygens (including phenoxy) is 1. The maximum absolute atomic E-state index is 12.7. The van der Waals surface area contributed by atoms with E-state index in [1.807, 2.05) is 0 Å². The Bertz CT molecular complexity index is 275. The van der Waals surface area contributed by atoms with Crippen molar-refractivity contribution in [2.24, 2.45) is 0 Å². The summed E-state index contributed by atoms with van der Waals surface area (Å²) in [5.74, 6) is -1.36. The first-order valence-corrected chi connectivity index (χ1v) is 2.93. The summed E-state index contributed by atoms with van der Waals surface area (Å²) >= 11 is 0. The Labute approximate surface area is 62.8 Å². The van der Waals surface area contributed by atoms with Crippen LogP contribution in [-0.4, -0.2) is 18.1 Å². The van der Waals surface area contributed by atoms with Gasteiger partial charge in [-0.15, -0.1) is 0 Å². The number of esters is 1. The number of halogens is 1. The van der Waals surface area contributed by atoms with Crippen molar-refractivity contribution in [1.82, 2.24) is 4.98 Å². The Morgan fingerprint density at radius 1 is 1.73 bits per heavy atom. The lowest BCUT2D eigenvalue weighted by Gasteiger charge is -1.97. The number of carbonyl (C=O) groups excluding carboxylic acids is 1. The van der Waals surface area contributed by atoms with E-state index in [9.17, 15) is 9.18 Å². The zero-order valence-corrected chi connectivity index (χ0v) is 5.87. The van der Waals surface area contributed by atoms with E-state index in [1.165, 1.54) is 19.4 Å². The number of carbonyl (C=O) groups is 1. The predicted octanol–water partition coefficient (Wildman–Crippen LogP) is 1.01. The van der Waals surface area contributed by atoms with Crippen LogP contribution in [0.5, 0.6) is 0 Å². The van der Waals surface area contributed by atoms with Crippen molar-refractivity contribution in [3.63, 3.8) is 0 Å². The second-order valence-corrected chi connectivity index (χ2v) is 1.85. The average Bonchev–Trinajstić information content (AvgIpc) is 2.04. The number of methoxy groups -OCH3 is 1. The summed E-state index contributed by atoms with van der Waals surface area (Å²) in [6.45, 7) is 0. The smallest absolute Gasteiger partial charge is 0.340 e. The summed E-state index contributed by atoms with van der Waals surface area (Å²) in [6.07, 6.45) is 2.29. The van der Waals surface area contributed by atoms with E-state index in [1.54, 1.807) is 0 Å². The number of hydrogen-bond acceptors (Lipinski definition) is 3. The average molecular weight is 155 g/mol. The summed E-state index contributed by atoms with van der Waals surface area (Å²) in [7, 11) is 1.20. The molecule has 0 fully saturated rings. The third kappa shape index (κ3) is 1.52. The third-order valence-corrected chi connectivity index (χ3v) is 1.18. The second-order valence-electron chi connectivity index (χ2n) is 1.85. The van der Waals surface area contributed by atoms with Crippen LogP contribution in [0.2, 0.25) is 0 Å². The predicted molar refractivity (Wildman–Crippen MR) is 35.5 cm³/mol. The molecule has 0 spiro atoms. The molecule has 0 aliphatic heterocycles. The Balaban J connectivity index is 3.03. The monoisotopic (exact) mass is 155 g/mol. The lowest BCUT2D eigenvalue weighted by Crippen LogP contribution is -2.04. The van der Waals surface area contributed by atoms with E-state index in [0.29, 0.717) is 0 Å². The van der Waals surface area contributed by atoms with Gasteiger partial charge in [-0.3, -0.25) is 4.98 Å². The molecule has 1 heterocycles. The second kappa shape index (κ2) is 3.09. The van der Waals surface area contributed by atoms with Crippen molar-refractivity contribution < 1.29 is 13.9 Å². The minimum Gasteiger partial charge on any atom is -0.465 e. The van der Waals surface area contributed by atoms with Gasteiger partial charge in [0.2, 0.25) is 0 Å². The van der Waals surface area contributed by atoms with Crippen molar-refractivity contribution in [1.29, 1.82) is 0 Å². The maximum Gasteiger partial charge on any atom is 0.340 e. The summed E-state index contributed by atoms with van der Waals surface area (Å²) in [6, 6.07) is 1.27. The zero-order valence-electron chi connectivity index (χ0n) is 5.87. The molecular weight excluding hydrogens is 149 g/mol. The Hall–Kier alpha value is -1.45. The lowest BCUT2D eigenvalue weighted by atomic mass is 10.3. The fourth-order valence-electron chi connectivity index (χ4n) is 0.651. The molecule has 0 aliphatic carbocycles. The Morgan fingerprint density at radius 3 is 3.00 bits per heavy atom. The molecule has 0 radical (unpaired) electrons. The molecule has 11 heavy (non-hydrogen) atoms. The Kier molecular flexibility index (Phi) is 2.15. The van der Waals surface area contributed by atoms with Gasteiger partial charge in [-0.25, -0.2) is 9.18 Å². The van der Waals surface area contributed by atoms with E-state index in [4.69, 9.17) is 0 Å². The molecular formula is C7H6FNO2. The molecule has 4 heteroatoms. The lowest BCUT2D eigenvalue weighted by molar-refractivity contribution is 0.0595. The molecule has 3 nitrogen and oxygen atoms in total. The highest BCUT2D eigenvalue weighted by molar-refractivity contribution is 5.89. The highest BCUT2D eigenvalue weighted by atomic mass is 19.1. The van der Waals surface area contributed by atoms with Gasteiger partial charge >= 0.3 is 5.97 Å². The van der Waals surface area contributed by atoms with Crippen molar-refractivity contribution in [3.8, 4) is 0 Å². The van der Waals surface area contributed by atoms with E-state index < -0.39 is 11.8 Å². The quantitative estimate of drug-likeness (QED) is 0.568. The fourth-order valence-corrected chi connectivity index (χ4v) is 0.651. The normalized spacial score (nSPS) is 9.27. The van der Waals surface area contributed by atoms with Gasteiger partial charge in [0.15, 0.2) is 5.82 Å². The van der Waals surface area contributed by atoms with Crippen molar-refractivity contribution in [2.75, 3.05) is 7.11 Å². The van der Waals surface area contributed by atoms with Crippen molar-refractivity contribution in [2.45, 2.75) is 0 Å². The van der Waals surface area contributed by atoms with Crippen molar-refractivity contribution >= 4 is 5.97 Å². The molecule has 0 bridgehead atoms. The number of hydrogen-bond donors (Lipinski definition) is 0. The van der Waals surface area contributed by atoms with Crippen LogP contribution in [0.25, 0.3) is 0 Å². The molecule has 1 aromatic heterocycles. The van der Waals surface area contributed by atoms with Crippen LogP contribution in [0.15, 0.2) is 18.5 Å². The van der Waals surface area contributed by atoms with Gasteiger partial charge in [-0.05, 0) is 6.07 Å². The van der Waals surface area contributed by atoms with Crippen LogP contribution < -0.4 is 0 Å². The van der Waals surface area contributed by atoms with Crippen molar-refractivity contribution in [3.05, 3.63) is 29.8 Å². The van der Waals surface area contributed by atoms with E-state index >= 15 is 0 Å². The van der Waals surface area contributed by atoms with Gasteiger partial charge in [-0.1, -0.05) is 0 Å². The fraction of sp³-hybridized carbons (Fsp3) is 0.143. The highest BCUT2D eigenvalue weighted by Gasteiger charge is 2.09. The molecule has 0 aromatic carbocycles. The first-order valence-electron chi connectivity index (χ1n) is 2.93. The Morgan fingerprint density at radius 2 is 2.45 bits per heavy atom. The van der Waals surface area contributed by atoms with E-state index in [2.05, 4.69) is 9.72 Å². The molecule has 0 saturated heterocycles. The van der Waals surface area contributed by atoms with Gasteiger partial charge in [0, 0.05) is 6.20 Å². The molecule has 1 aromatic rings. The number of rotatable bonds is 1. The van der Waals surface area contributed by atoms with Gasteiger partial charge in [0.05, 0.1) is 18.9 Å². The summed E-state index contributed by atoms with van der Waals surface area (Å²) in [5, 5.41) is 0. The standard InChI is InChI=1S/C7H6FNO2/c1-11-7(10)5-2-3-9-4-6(5)8/h2-4H,1H3. The molecule has 0 amide bonds. The highest BCUT2D eigenvalue weighted by Crippen LogP contribution is 2.04. The van der Waals surface area contributed by atoms with Gasteiger partial charge in [0.25, 0.3) is 0 Å². The molecule has 0 unspecified atom stereocenters. The maximum atomic E-state index is 12.7. The van der Waals surface area contributed by atoms with Crippen LogP contribution >= 0.6 is 0 Å². The van der Waals surface area contributed by atoms with Gasteiger partial charge < -0.3 is 4.74 Å². The molecule has 0 saturated carbocycles. The first kappa shape index (κ1) is 7.65. The summed E-state index contributed by atoms with van der Waals surface area (Å²) in [5.41, 5.74) is -0.0949. The molecule has 58 valence electrons. The molecule has 0 N–H and O–H groups in total. The van der Waals surface area contributed by atoms with Crippen LogP contribution in [0, 0.1) is 5.82 Å². The van der Waals surface area contributed by atoms with Crippen LogP contribution in [-0.2, 0) is 4.74 Å². The minimum atomic E-state index is -0.690. The zero-order chi connectivity index (χ0) is 8.27. The molecule has 0 aliphatic rings. The van der Waals surface area contributed by atoms with Crippen LogP contribution in [0.4, 0.5) is 4.39 Å². The largest absolute Gasteiger partial charge is 0.465 e. The third-order valence-electron chi connectivity index (χ3n) is 1.18. The topological polar surface area (TPSA) is 39.2 Å². The SMILES string of the molecule is COC(=O)c1ccncc1F. The minimum absolute atomic E-state index is 0.0949. The molecule has 0 atom stereocenters. The summed E-state index contributed by atoms with van der Waals surface area (Å²) < 4.78 is 17.0. The van der Waals surface area contributed by atoms with Gasteiger partial charge in [0.1, 0.15) is 0 Å². The van der Waals surface area contributed by atoms with Crippen LogP contribution in [0.1, 0.15) is 10.4 Å². The number of pyridine rings is 1. The van der Waals surface area contributed by atoms with Crippen LogP contribution in [0.3, 0.4) is 0 Å². The number of nitrogens with zero attached hydrogens (tertiary/aromatic N) is 1. The first-order chi connectivity index (χ1) is 5.25.